The van der Waals surface area contributed by atoms with E-state index in [-0.39, 0.29) is 37.2 Å². The van der Waals surface area contributed by atoms with E-state index < -0.39 is 24.1 Å². The lowest BCUT2D eigenvalue weighted by Crippen LogP contribution is -2.68. The number of carbonyl (C=O) groups excluding carboxylic acids is 4. The largest absolute Gasteiger partial charge is 0.452 e. The molecule has 0 saturated carbocycles. The first-order valence-electron chi connectivity index (χ1n) is 9.14. The normalized spacial score (nSPS) is 20.7. The van der Waals surface area contributed by atoms with Crippen LogP contribution in [0.25, 0.3) is 0 Å². The topological polar surface area (TPSA) is 96.0 Å². The summed E-state index contributed by atoms with van der Waals surface area (Å²) in [6.07, 6.45) is 1.67. The number of hydrogen-bond donors (Lipinski definition) is 1. The van der Waals surface area contributed by atoms with Gasteiger partial charge in [0.1, 0.15) is 0 Å². The van der Waals surface area contributed by atoms with Crippen LogP contribution in [0.15, 0.2) is 36.9 Å². The highest BCUT2D eigenvalue weighted by atomic mass is 16.5. The van der Waals surface area contributed by atoms with E-state index in [0.29, 0.717) is 11.3 Å². The second-order valence-corrected chi connectivity index (χ2v) is 7.07. The van der Waals surface area contributed by atoms with Gasteiger partial charge in [0.15, 0.2) is 6.61 Å². The summed E-state index contributed by atoms with van der Waals surface area (Å²) >= 11 is 0. The lowest BCUT2D eigenvalue weighted by atomic mass is 9.96. The van der Waals surface area contributed by atoms with E-state index in [1.807, 2.05) is 0 Å². The number of para-hydroxylation sites is 1. The molecule has 0 radical (unpaired) electrons. The van der Waals surface area contributed by atoms with Gasteiger partial charge in [-0.25, -0.2) is 4.79 Å². The molecule has 2 aliphatic heterocycles. The Labute approximate surface area is 163 Å². The molecular formula is C20H23N3O5. The molecule has 3 amide bonds. The van der Waals surface area contributed by atoms with E-state index in [4.69, 9.17) is 4.74 Å². The van der Waals surface area contributed by atoms with E-state index in [0.717, 1.165) is 0 Å². The summed E-state index contributed by atoms with van der Waals surface area (Å²) in [4.78, 5) is 53.5. The number of nitrogens with one attached hydrogen (secondary N) is 1. The second-order valence-electron chi connectivity index (χ2n) is 7.07. The molecule has 1 aromatic rings. The van der Waals surface area contributed by atoms with E-state index in [1.165, 1.54) is 15.9 Å². The third-order valence-corrected chi connectivity index (χ3v) is 4.80. The number of hydrogen-bond acceptors (Lipinski definition) is 5. The lowest BCUT2D eigenvalue weighted by Gasteiger charge is -2.47. The van der Waals surface area contributed by atoms with Gasteiger partial charge in [0.2, 0.25) is 11.6 Å². The molecule has 0 spiro atoms. The highest BCUT2D eigenvalue weighted by molar-refractivity contribution is 6.15. The molecule has 3 rings (SSSR count). The predicted molar refractivity (Wildman–Crippen MR) is 101 cm³/mol. The van der Waals surface area contributed by atoms with Gasteiger partial charge in [-0.1, -0.05) is 18.2 Å². The van der Waals surface area contributed by atoms with E-state index in [2.05, 4.69) is 11.9 Å². The van der Waals surface area contributed by atoms with E-state index in [9.17, 15) is 19.2 Å². The molecule has 0 unspecified atom stereocenters. The summed E-state index contributed by atoms with van der Waals surface area (Å²) in [7, 11) is 0. The van der Waals surface area contributed by atoms with Crippen molar-refractivity contribution in [3.05, 3.63) is 42.5 Å². The van der Waals surface area contributed by atoms with Crippen LogP contribution in [0.4, 0.5) is 5.69 Å². The number of fused-ring (bicyclic) bond motifs is 3. The summed E-state index contributed by atoms with van der Waals surface area (Å²) in [5.41, 5.74) is -0.908. The van der Waals surface area contributed by atoms with Crippen LogP contribution in [0.5, 0.6) is 0 Å². The minimum Gasteiger partial charge on any atom is -0.452 e. The van der Waals surface area contributed by atoms with Gasteiger partial charge in [0.25, 0.3) is 11.8 Å². The van der Waals surface area contributed by atoms with Crippen LogP contribution in [-0.2, 0) is 19.1 Å². The lowest BCUT2D eigenvalue weighted by molar-refractivity contribution is -0.159. The van der Waals surface area contributed by atoms with Gasteiger partial charge >= 0.3 is 5.97 Å². The van der Waals surface area contributed by atoms with Crippen LogP contribution in [0.2, 0.25) is 0 Å². The Morgan fingerprint density at radius 2 is 2.04 bits per heavy atom. The zero-order chi connectivity index (χ0) is 20.5. The molecule has 28 heavy (non-hydrogen) atoms. The van der Waals surface area contributed by atoms with Crippen LogP contribution < -0.4 is 10.2 Å². The number of rotatable bonds is 6. The maximum absolute atomic E-state index is 13.2. The maximum atomic E-state index is 13.2. The number of anilines is 1. The monoisotopic (exact) mass is 385 g/mol. The van der Waals surface area contributed by atoms with Crippen molar-refractivity contribution in [3.63, 3.8) is 0 Å². The van der Waals surface area contributed by atoms with Crippen LogP contribution in [0, 0.1) is 0 Å². The van der Waals surface area contributed by atoms with Gasteiger partial charge < -0.3 is 15.0 Å². The number of esters is 1. The number of amides is 3. The Kier molecular flexibility index (Phi) is 5.22. The molecule has 2 aliphatic rings. The van der Waals surface area contributed by atoms with Crippen LogP contribution in [0.1, 0.15) is 37.0 Å². The number of ether oxygens (including phenoxy) is 1. The smallest absolute Gasteiger partial charge is 0.354 e. The molecular weight excluding hydrogens is 362 g/mol. The van der Waals surface area contributed by atoms with Crippen molar-refractivity contribution in [1.82, 2.24) is 10.2 Å². The molecule has 0 aliphatic carbocycles. The average molecular weight is 385 g/mol. The molecule has 0 aromatic heterocycles. The first kappa shape index (κ1) is 19.6. The molecule has 148 valence electrons. The molecule has 1 fully saturated rings. The highest BCUT2D eigenvalue weighted by Crippen LogP contribution is 2.44. The van der Waals surface area contributed by atoms with Gasteiger partial charge in [-0.3, -0.25) is 19.3 Å². The first-order chi connectivity index (χ1) is 13.3. The van der Waals surface area contributed by atoms with Crippen molar-refractivity contribution in [2.24, 2.45) is 0 Å². The van der Waals surface area contributed by atoms with Gasteiger partial charge in [-0.05, 0) is 26.0 Å². The summed E-state index contributed by atoms with van der Waals surface area (Å²) in [5, 5.41) is 2.63. The molecule has 8 heteroatoms. The molecule has 2 heterocycles. The molecule has 1 aromatic carbocycles. The van der Waals surface area contributed by atoms with Gasteiger partial charge in [0.05, 0.1) is 11.3 Å². The first-order valence-corrected chi connectivity index (χ1v) is 9.14. The van der Waals surface area contributed by atoms with Crippen molar-refractivity contribution >= 4 is 29.4 Å². The fraction of sp³-hybridized carbons (Fsp3) is 0.400. The second kappa shape index (κ2) is 7.46. The summed E-state index contributed by atoms with van der Waals surface area (Å²) < 4.78 is 5.26. The molecule has 0 bridgehead atoms. The Morgan fingerprint density at radius 1 is 1.32 bits per heavy atom. The minimum atomic E-state index is -1.62. The van der Waals surface area contributed by atoms with Crippen molar-refractivity contribution in [3.8, 4) is 0 Å². The third kappa shape index (κ3) is 3.04. The average Bonchev–Trinajstić information content (AvgIpc) is 3.01. The highest BCUT2D eigenvalue weighted by Gasteiger charge is 2.61. The molecule has 1 N–H and O–H groups in total. The SMILES string of the molecule is C=CCN1C(=O)c2ccccc2N2C(=O)CC[C@@]12C(=O)OCC(=O)NC(C)C. The minimum absolute atomic E-state index is 0.0598. The number of carbonyl (C=O) groups is 4. The van der Waals surface area contributed by atoms with Crippen molar-refractivity contribution < 1.29 is 23.9 Å². The molecule has 1 atom stereocenters. The van der Waals surface area contributed by atoms with Crippen molar-refractivity contribution in [2.45, 2.75) is 38.4 Å². The third-order valence-electron chi connectivity index (χ3n) is 4.80. The van der Waals surface area contributed by atoms with Crippen molar-refractivity contribution in [1.29, 1.82) is 0 Å². The quantitative estimate of drug-likeness (QED) is 0.587. The summed E-state index contributed by atoms with van der Waals surface area (Å²) in [5.74, 6) is -1.92. The Balaban J connectivity index is 2.00. The fourth-order valence-corrected chi connectivity index (χ4v) is 3.74. The van der Waals surface area contributed by atoms with E-state index in [1.54, 1.807) is 38.1 Å². The van der Waals surface area contributed by atoms with Crippen LogP contribution >= 0.6 is 0 Å². The standard InChI is InChI=1S/C20H23N3O5/c1-4-11-22-18(26)14-7-5-6-8-15(14)23-17(25)9-10-20(22,23)19(27)28-12-16(24)21-13(2)3/h4-8,13H,1,9-12H2,2-3H3,(H,21,24)/t20-/m1/s1. The van der Waals surface area contributed by atoms with Gasteiger partial charge in [0, 0.05) is 25.4 Å². The summed E-state index contributed by atoms with van der Waals surface area (Å²) in [6.45, 7) is 6.81. The van der Waals surface area contributed by atoms with Gasteiger partial charge in [-0.15, -0.1) is 6.58 Å². The number of benzene rings is 1. The summed E-state index contributed by atoms with van der Waals surface area (Å²) in [6, 6.07) is 6.55. The fourth-order valence-electron chi connectivity index (χ4n) is 3.74. The van der Waals surface area contributed by atoms with E-state index >= 15 is 0 Å². The zero-order valence-electron chi connectivity index (χ0n) is 15.9. The van der Waals surface area contributed by atoms with Crippen LogP contribution in [0.3, 0.4) is 0 Å². The zero-order valence-corrected chi connectivity index (χ0v) is 15.9. The molecule has 8 nitrogen and oxygen atoms in total. The Bertz CT molecular complexity index is 850. The van der Waals surface area contributed by atoms with Gasteiger partial charge in [-0.2, -0.15) is 0 Å². The Morgan fingerprint density at radius 3 is 2.71 bits per heavy atom. The van der Waals surface area contributed by atoms with Crippen LogP contribution in [-0.4, -0.2) is 53.4 Å². The molecule has 1 saturated heterocycles. The predicted octanol–water partition coefficient (Wildman–Crippen LogP) is 1.22. The van der Waals surface area contributed by atoms with Crippen molar-refractivity contribution in [2.75, 3.05) is 18.1 Å². The Hall–Kier alpha value is -3.16. The number of nitrogens with zero attached hydrogens (tertiary/aromatic N) is 2. The maximum Gasteiger partial charge on any atom is 0.354 e.